The number of hydrogen-bond donors (Lipinski definition) is 2. The highest BCUT2D eigenvalue weighted by molar-refractivity contribution is 5.91. The highest BCUT2D eigenvalue weighted by Crippen LogP contribution is 2.14. The Hall–Kier alpha value is -2.31. The average molecular weight is 378 g/mol. The second kappa shape index (κ2) is 9.40. The van der Waals surface area contributed by atoms with Crippen LogP contribution in [0.25, 0.3) is 0 Å². The number of piperidine rings is 1. The summed E-state index contributed by atoms with van der Waals surface area (Å²) in [5.41, 5.74) is 7.06. The molecule has 1 aliphatic rings. The summed E-state index contributed by atoms with van der Waals surface area (Å²) in [5.74, 6) is 0.114. The van der Waals surface area contributed by atoms with Gasteiger partial charge in [-0.15, -0.1) is 12.4 Å². The maximum atomic E-state index is 12.3. The van der Waals surface area contributed by atoms with Crippen LogP contribution < -0.4 is 11.1 Å². The van der Waals surface area contributed by atoms with Crippen molar-refractivity contribution in [3.63, 3.8) is 0 Å². The number of carbonyl (C=O) groups is 2. The van der Waals surface area contributed by atoms with Crippen LogP contribution in [0.1, 0.15) is 29.0 Å². The summed E-state index contributed by atoms with van der Waals surface area (Å²) in [5, 5.41) is 3.01. The van der Waals surface area contributed by atoms with Gasteiger partial charge in [0.15, 0.2) is 5.76 Å². The smallest absolute Gasteiger partial charge is 0.289 e. The summed E-state index contributed by atoms with van der Waals surface area (Å²) in [6.07, 6.45) is 3.45. The second-order valence-corrected chi connectivity index (χ2v) is 6.35. The third kappa shape index (κ3) is 5.09. The van der Waals surface area contributed by atoms with Crippen molar-refractivity contribution in [1.29, 1.82) is 0 Å². The zero-order valence-electron chi connectivity index (χ0n) is 14.5. The standard InChI is InChI=1S/C19H23N3O3.ClH/c20-16(13-14-5-2-1-3-6-14)18(23)21-15-8-10-22(11-9-15)19(24)17-7-4-12-25-17;/h1-7,12,15-16H,8-11,13,20H2,(H,21,23);1H. The number of nitrogens with two attached hydrogens (primary N) is 1. The highest BCUT2D eigenvalue weighted by atomic mass is 35.5. The van der Waals surface area contributed by atoms with E-state index in [-0.39, 0.29) is 30.3 Å². The topological polar surface area (TPSA) is 88.6 Å². The molecular formula is C19H24ClN3O3. The lowest BCUT2D eigenvalue weighted by atomic mass is 10.0. The summed E-state index contributed by atoms with van der Waals surface area (Å²) in [4.78, 5) is 26.3. The van der Waals surface area contributed by atoms with Crippen molar-refractivity contribution in [3.05, 3.63) is 60.1 Å². The van der Waals surface area contributed by atoms with Crippen LogP contribution in [-0.4, -0.2) is 41.9 Å². The molecule has 0 aliphatic carbocycles. The Morgan fingerprint density at radius 2 is 1.85 bits per heavy atom. The minimum absolute atomic E-state index is 0. The fraction of sp³-hybridized carbons (Fsp3) is 0.368. The van der Waals surface area contributed by atoms with Gasteiger partial charge < -0.3 is 20.4 Å². The van der Waals surface area contributed by atoms with Gasteiger partial charge >= 0.3 is 0 Å². The van der Waals surface area contributed by atoms with E-state index in [1.165, 1.54) is 6.26 Å². The molecule has 1 aliphatic heterocycles. The van der Waals surface area contributed by atoms with Gasteiger partial charge in [0.1, 0.15) is 0 Å². The van der Waals surface area contributed by atoms with Crippen LogP contribution >= 0.6 is 12.4 Å². The normalized spacial score (nSPS) is 15.8. The average Bonchev–Trinajstić information content (AvgIpc) is 3.17. The molecule has 0 saturated carbocycles. The van der Waals surface area contributed by atoms with E-state index >= 15 is 0 Å². The van der Waals surface area contributed by atoms with E-state index in [1.807, 2.05) is 30.3 Å². The quantitative estimate of drug-likeness (QED) is 0.834. The molecule has 1 saturated heterocycles. The van der Waals surface area contributed by atoms with Crippen LogP contribution in [0.2, 0.25) is 0 Å². The number of carbonyl (C=O) groups excluding carboxylic acids is 2. The molecule has 6 nitrogen and oxygen atoms in total. The number of rotatable bonds is 5. The second-order valence-electron chi connectivity index (χ2n) is 6.35. The third-order valence-corrected chi connectivity index (χ3v) is 4.50. The fourth-order valence-electron chi connectivity index (χ4n) is 3.05. The Balaban J connectivity index is 0.00000243. The molecule has 26 heavy (non-hydrogen) atoms. The monoisotopic (exact) mass is 377 g/mol. The van der Waals surface area contributed by atoms with Crippen molar-refractivity contribution >= 4 is 24.2 Å². The first-order valence-electron chi connectivity index (χ1n) is 8.56. The van der Waals surface area contributed by atoms with Crippen LogP contribution in [0.15, 0.2) is 53.1 Å². The number of amides is 2. The predicted molar refractivity (Wildman–Crippen MR) is 101 cm³/mol. The number of halogens is 1. The van der Waals surface area contributed by atoms with Crippen molar-refractivity contribution in [3.8, 4) is 0 Å². The van der Waals surface area contributed by atoms with Gasteiger partial charge in [-0.3, -0.25) is 9.59 Å². The Bertz CT molecular complexity index is 698. The Morgan fingerprint density at radius 3 is 2.46 bits per heavy atom. The maximum absolute atomic E-state index is 12.3. The molecule has 3 N–H and O–H groups in total. The lowest BCUT2D eigenvalue weighted by Crippen LogP contribution is -2.51. The molecule has 140 valence electrons. The van der Waals surface area contributed by atoms with E-state index in [4.69, 9.17) is 10.2 Å². The van der Waals surface area contributed by atoms with E-state index in [9.17, 15) is 9.59 Å². The lowest BCUT2D eigenvalue weighted by molar-refractivity contribution is -0.123. The van der Waals surface area contributed by atoms with Crippen molar-refractivity contribution in [2.75, 3.05) is 13.1 Å². The van der Waals surface area contributed by atoms with Gasteiger partial charge in [-0.05, 0) is 37.0 Å². The van der Waals surface area contributed by atoms with Gasteiger partial charge in [0, 0.05) is 19.1 Å². The summed E-state index contributed by atoms with van der Waals surface area (Å²) in [6, 6.07) is 12.6. The molecule has 3 rings (SSSR count). The number of nitrogens with one attached hydrogen (secondary N) is 1. The third-order valence-electron chi connectivity index (χ3n) is 4.50. The Morgan fingerprint density at radius 1 is 1.15 bits per heavy atom. The summed E-state index contributed by atoms with van der Waals surface area (Å²) < 4.78 is 5.15. The number of benzene rings is 1. The van der Waals surface area contributed by atoms with Gasteiger partial charge in [0.2, 0.25) is 5.91 Å². The van der Waals surface area contributed by atoms with E-state index in [0.717, 1.165) is 18.4 Å². The molecule has 1 aromatic carbocycles. The molecule has 0 radical (unpaired) electrons. The Kier molecular flexibility index (Phi) is 7.24. The predicted octanol–water partition coefficient (Wildman–Crippen LogP) is 1.99. The van der Waals surface area contributed by atoms with Crippen molar-refractivity contribution < 1.29 is 14.0 Å². The van der Waals surface area contributed by atoms with Gasteiger partial charge in [-0.25, -0.2) is 0 Å². The van der Waals surface area contributed by atoms with Crippen molar-refractivity contribution in [1.82, 2.24) is 10.2 Å². The highest BCUT2D eigenvalue weighted by Gasteiger charge is 2.26. The number of hydrogen-bond acceptors (Lipinski definition) is 4. The van der Waals surface area contributed by atoms with Gasteiger partial charge in [0.25, 0.3) is 5.91 Å². The zero-order valence-corrected chi connectivity index (χ0v) is 15.3. The molecule has 1 fully saturated rings. The molecule has 0 bridgehead atoms. The first-order valence-corrected chi connectivity index (χ1v) is 8.56. The lowest BCUT2D eigenvalue weighted by Gasteiger charge is -2.32. The SMILES string of the molecule is Cl.NC(Cc1ccccc1)C(=O)NC1CCN(C(=O)c2ccco2)CC1. The molecular weight excluding hydrogens is 354 g/mol. The molecule has 0 spiro atoms. The molecule has 7 heteroatoms. The van der Waals surface area contributed by atoms with E-state index < -0.39 is 6.04 Å². The summed E-state index contributed by atoms with van der Waals surface area (Å²) >= 11 is 0. The largest absolute Gasteiger partial charge is 0.459 e. The van der Waals surface area contributed by atoms with Gasteiger partial charge in [-0.1, -0.05) is 30.3 Å². The number of furan rings is 1. The maximum Gasteiger partial charge on any atom is 0.289 e. The van der Waals surface area contributed by atoms with E-state index in [1.54, 1.807) is 17.0 Å². The van der Waals surface area contributed by atoms with Crippen molar-refractivity contribution in [2.24, 2.45) is 5.73 Å². The molecule has 1 unspecified atom stereocenters. The molecule has 2 aromatic rings. The molecule has 1 atom stereocenters. The summed E-state index contributed by atoms with van der Waals surface area (Å²) in [6.45, 7) is 1.19. The zero-order chi connectivity index (χ0) is 17.6. The first kappa shape index (κ1) is 20.0. The first-order chi connectivity index (χ1) is 12.1. The minimum Gasteiger partial charge on any atom is -0.459 e. The van der Waals surface area contributed by atoms with Crippen LogP contribution in [0.5, 0.6) is 0 Å². The minimum atomic E-state index is -0.565. The van der Waals surface area contributed by atoms with Gasteiger partial charge in [-0.2, -0.15) is 0 Å². The van der Waals surface area contributed by atoms with Crippen molar-refractivity contribution in [2.45, 2.75) is 31.3 Å². The van der Waals surface area contributed by atoms with Crippen LogP contribution in [0, 0.1) is 0 Å². The molecule has 2 amide bonds. The molecule has 1 aromatic heterocycles. The van der Waals surface area contributed by atoms with E-state index in [2.05, 4.69) is 5.32 Å². The Labute approximate surface area is 159 Å². The summed E-state index contributed by atoms with van der Waals surface area (Å²) in [7, 11) is 0. The van der Waals surface area contributed by atoms with Crippen LogP contribution in [0.4, 0.5) is 0 Å². The van der Waals surface area contributed by atoms with E-state index in [0.29, 0.717) is 25.3 Å². The number of nitrogens with zero attached hydrogens (tertiary/aromatic N) is 1. The number of likely N-dealkylation sites (tertiary alicyclic amines) is 1. The fourth-order valence-corrected chi connectivity index (χ4v) is 3.05. The van der Waals surface area contributed by atoms with Crippen LogP contribution in [0.3, 0.4) is 0 Å². The molecule has 2 heterocycles. The van der Waals surface area contributed by atoms with Crippen LogP contribution in [-0.2, 0) is 11.2 Å². The van der Waals surface area contributed by atoms with Gasteiger partial charge in [0.05, 0.1) is 12.3 Å².